The molecule has 0 fully saturated rings. The van der Waals surface area contributed by atoms with Crippen molar-refractivity contribution in [2.45, 2.75) is 18.6 Å². The number of nitrogens with two attached hydrogens (primary N) is 1. The second-order valence-corrected chi connectivity index (χ2v) is 7.13. The summed E-state index contributed by atoms with van der Waals surface area (Å²) in [7, 11) is 1.75. The van der Waals surface area contributed by atoms with Crippen molar-refractivity contribution in [2.24, 2.45) is 12.8 Å². The van der Waals surface area contributed by atoms with Crippen molar-refractivity contribution in [1.29, 1.82) is 0 Å². The number of thiophene rings is 1. The molecule has 28 heavy (non-hydrogen) atoms. The third-order valence-electron chi connectivity index (χ3n) is 4.15. The molecule has 3 N–H and O–H groups in total. The molecular formula is C18H18F3N5OS. The first-order valence-electron chi connectivity index (χ1n) is 8.38. The monoisotopic (exact) mass is 409 g/mol. The van der Waals surface area contributed by atoms with Crippen LogP contribution in [0.2, 0.25) is 0 Å². The number of halogens is 3. The molecule has 0 bridgehead atoms. The summed E-state index contributed by atoms with van der Waals surface area (Å²) in [6.07, 6.45) is -2.79. The average molecular weight is 409 g/mol. The van der Waals surface area contributed by atoms with Gasteiger partial charge in [-0.1, -0.05) is 18.2 Å². The van der Waals surface area contributed by atoms with E-state index in [-0.39, 0.29) is 18.9 Å². The smallest absolute Gasteiger partial charge is 0.347 e. The Morgan fingerprint density at radius 2 is 2.14 bits per heavy atom. The lowest BCUT2D eigenvalue weighted by Gasteiger charge is -2.17. The number of alkyl halides is 3. The molecule has 0 aliphatic carbocycles. The molecule has 0 radical (unpaired) electrons. The summed E-state index contributed by atoms with van der Waals surface area (Å²) >= 11 is 1.25. The Morgan fingerprint density at radius 1 is 1.36 bits per heavy atom. The van der Waals surface area contributed by atoms with Crippen LogP contribution in [-0.2, 0) is 19.6 Å². The zero-order valence-corrected chi connectivity index (χ0v) is 15.7. The van der Waals surface area contributed by atoms with Crippen molar-refractivity contribution in [1.82, 2.24) is 20.1 Å². The molecule has 0 saturated carbocycles. The number of aromatic nitrogens is 3. The Kier molecular flexibility index (Phi) is 5.80. The fourth-order valence-corrected chi connectivity index (χ4v) is 3.53. The molecule has 0 aliphatic heterocycles. The van der Waals surface area contributed by atoms with E-state index in [0.29, 0.717) is 16.3 Å². The van der Waals surface area contributed by atoms with Gasteiger partial charge in [-0.25, -0.2) is 9.67 Å². The highest BCUT2D eigenvalue weighted by atomic mass is 32.1. The van der Waals surface area contributed by atoms with Gasteiger partial charge >= 0.3 is 6.18 Å². The maximum absolute atomic E-state index is 12.9. The molecule has 1 aromatic carbocycles. The number of nitrogens with one attached hydrogen (secondary N) is 1. The van der Waals surface area contributed by atoms with Crippen LogP contribution in [0.3, 0.4) is 0 Å². The van der Waals surface area contributed by atoms with Crippen LogP contribution in [0.4, 0.5) is 13.2 Å². The summed E-state index contributed by atoms with van der Waals surface area (Å²) in [5.74, 6) is 0.301. The van der Waals surface area contributed by atoms with Crippen molar-refractivity contribution in [3.05, 3.63) is 58.0 Å². The molecule has 2 aromatic heterocycles. The molecule has 2 heterocycles. The van der Waals surface area contributed by atoms with E-state index in [2.05, 4.69) is 15.4 Å². The molecule has 1 atom stereocenters. The third kappa shape index (κ3) is 4.57. The molecule has 148 valence electrons. The van der Waals surface area contributed by atoms with Crippen LogP contribution in [-0.4, -0.2) is 33.3 Å². The van der Waals surface area contributed by atoms with E-state index in [1.165, 1.54) is 23.7 Å². The highest BCUT2D eigenvalue weighted by Crippen LogP contribution is 2.29. The minimum Gasteiger partial charge on any atom is -0.347 e. The molecule has 1 amide bonds. The maximum atomic E-state index is 12.9. The normalized spacial score (nSPS) is 12.8. The quantitative estimate of drug-likeness (QED) is 0.656. The SMILES string of the molecule is Cn1ncnc1-c1csc(C(=O)N[C@H](CN)Cc2cccc(C(F)(F)F)c2)c1. The van der Waals surface area contributed by atoms with E-state index >= 15 is 0 Å². The van der Waals surface area contributed by atoms with Crippen LogP contribution in [0, 0.1) is 0 Å². The molecule has 3 rings (SSSR count). The fraction of sp³-hybridized carbons (Fsp3) is 0.278. The number of hydrogen-bond acceptors (Lipinski definition) is 5. The lowest BCUT2D eigenvalue weighted by atomic mass is 10.0. The van der Waals surface area contributed by atoms with Gasteiger partial charge in [-0.05, 0) is 24.1 Å². The van der Waals surface area contributed by atoms with Gasteiger partial charge in [-0.15, -0.1) is 11.3 Å². The first-order chi connectivity index (χ1) is 13.3. The highest BCUT2D eigenvalue weighted by molar-refractivity contribution is 7.12. The number of aryl methyl sites for hydroxylation is 1. The van der Waals surface area contributed by atoms with Gasteiger partial charge in [0, 0.05) is 30.6 Å². The predicted octanol–water partition coefficient (Wildman–Crippen LogP) is 2.86. The van der Waals surface area contributed by atoms with Crippen molar-refractivity contribution in [2.75, 3.05) is 6.54 Å². The fourth-order valence-electron chi connectivity index (χ4n) is 2.74. The summed E-state index contributed by atoms with van der Waals surface area (Å²) in [5, 5.41) is 8.57. The van der Waals surface area contributed by atoms with Crippen molar-refractivity contribution < 1.29 is 18.0 Å². The Bertz CT molecular complexity index is 966. The van der Waals surface area contributed by atoms with Crippen LogP contribution >= 0.6 is 11.3 Å². The lowest BCUT2D eigenvalue weighted by molar-refractivity contribution is -0.137. The summed E-state index contributed by atoms with van der Waals surface area (Å²) in [6, 6.07) is 6.23. The summed E-state index contributed by atoms with van der Waals surface area (Å²) in [5.41, 5.74) is 6.21. The van der Waals surface area contributed by atoms with Gasteiger partial charge in [0.1, 0.15) is 6.33 Å². The number of rotatable bonds is 6. The molecule has 6 nitrogen and oxygen atoms in total. The number of carbonyl (C=O) groups is 1. The van der Waals surface area contributed by atoms with E-state index in [9.17, 15) is 18.0 Å². The first-order valence-corrected chi connectivity index (χ1v) is 9.26. The van der Waals surface area contributed by atoms with Crippen LogP contribution in [0.1, 0.15) is 20.8 Å². The Hall–Kier alpha value is -2.72. The van der Waals surface area contributed by atoms with E-state index in [1.807, 2.05) is 0 Å². The molecule has 0 aliphatic rings. The van der Waals surface area contributed by atoms with Crippen molar-refractivity contribution >= 4 is 17.2 Å². The molecular weight excluding hydrogens is 391 g/mol. The summed E-state index contributed by atoms with van der Waals surface area (Å²) in [4.78, 5) is 17.1. The maximum Gasteiger partial charge on any atom is 0.416 e. The van der Waals surface area contributed by atoms with E-state index in [0.717, 1.165) is 17.7 Å². The van der Waals surface area contributed by atoms with Crippen molar-refractivity contribution in [3.8, 4) is 11.4 Å². The second kappa shape index (κ2) is 8.11. The number of carbonyl (C=O) groups excluding carboxylic acids is 1. The van der Waals surface area contributed by atoms with Gasteiger partial charge in [0.15, 0.2) is 5.82 Å². The molecule has 0 spiro atoms. The number of nitrogens with zero attached hydrogens (tertiary/aromatic N) is 3. The molecule has 3 aromatic rings. The van der Waals surface area contributed by atoms with Crippen molar-refractivity contribution in [3.63, 3.8) is 0 Å². The summed E-state index contributed by atoms with van der Waals surface area (Å²) < 4.78 is 40.2. The van der Waals surface area contributed by atoms with Gasteiger partial charge in [0.2, 0.25) is 0 Å². The highest BCUT2D eigenvalue weighted by Gasteiger charge is 2.30. The minimum absolute atomic E-state index is 0.101. The van der Waals surface area contributed by atoms with Crippen LogP contribution < -0.4 is 11.1 Å². The molecule has 0 saturated heterocycles. The second-order valence-electron chi connectivity index (χ2n) is 6.22. The standard InChI is InChI=1S/C18H18F3N5OS/c1-26-16(23-10-24-26)12-7-15(28-9-12)17(27)25-14(8-22)6-11-3-2-4-13(5-11)18(19,20)21/h2-5,7,9-10,14H,6,8,22H2,1H3,(H,25,27)/t14-/m0/s1. The number of hydrogen-bond donors (Lipinski definition) is 2. The van der Waals surface area contributed by atoms with Gasteiger partial charge in [-0.2, -0.15) is 18.3 Å². The zero-order valence-electron chi connectivity index (χ0n) is 14.9. The minimum atomic E-state index is -4.41. The summed E-state index contributed by atoms with van der Waals surface area (Å²) in [6.45, 7) is 0.101. The number of benzene rings is 1. The first kappa shape index (κ1) is 20.0. The third-order valence-corrected chi connectivity index (χ3v) is 5.08. The Labute approximate surface area is 163 Å². The number of amides is 1. The van der Waals surface area contributed by atoms with Crippen LogP contribution in [0.5, 0.6) is 0 Å². The Morgan fingerprint density at radius 3 is 2.79 bits per heavy atom. The van der Waals surface area contributed by atoms with E-state index in [1.54, 1.807) is 29.2 Å². The van der Waals surface area contributed by atoms with E-state index in [4.69, 9.17) is 5.73 Å². The van der Waals surface area contributed by atoms with Gasteiger partial charge < -0.3 is 11.1 Å². The van der Waals surface area contributed by atoms with Gasteiger partial charge in [-0.3, -0.25) is 4.79 Å². The molecule has 0 unspecified atom stereocenters. The Balaban J connectivity index is 1.69. The average Bonchev–Trinajstić information content (AvgIpc) is 3.29. The molecule has 10 heteroatoms. The zero-order chi connectivity index (χ0) is 20.3. The largest absolute Gasteiger partial charge is 0.416 e. The predicted molar refractivity (Wildman–Crippen MR) is 99.8 cm³/mol. The lowest BCUT2D eigenvalue weighted by Crippen LogP contribution is -2.41. The van der Waals surface area contributed by atoms with Gasteiger partial charge in [0.05, 0.1) is 10.4 Å². The van der Waals surface area contributed by atoms with Crippen LogP contribution in [0.25, 0.3) is 11.4 Å². The topological polar surface area (TPSA) is 85.8 Å². The van der Waals surface area contributed by atoms with E-state index < -0.39 is 17.8 Å². The van der Waals surface area contributed by atoms with Crippen LogP contribution in [0.15, 0.2) is 42.0 Å². The van der Waals surface area contributed by atoms with Gasteiger partial charge in [0.25, 0.3) is 5.91 Å².